The Hall–Kier alpha value is -1.18. The zero-order valence-corrected chi connectivity index (χ0v) is 11.4. The van der Waals surface area contributed by atoms with Crippen molar-refractivity contribution < 1.29 is 27.0 Å². The maximum atomic E-state index is 13.2. The van der Waals surface area contributed by atoms with Crippen LogP contribution in [0.2, 0.25) is 0 Å². The van der Waals surface area contributed by atoms with Crippen LogP contribution in [0.25, 0.3) is 0 Å². The summed E-state index contributed by atoms with van der Waals surface area (Å²) >= 11 is 0. The third-order valence-electron chi connectivity index (χ3n) is 2.79. The number of ether oxygens (including phenoxy) is 2. The first-order valence-corrected chi connectivity index (χ1v) is 5.93. The number of benzene rings is 1. The Balaban J connectivity index is 2.76. The molecular weight excluding hydrogens is 278 g/mol. The molecule has 0 fully saturated rings. The van der Waals surface area contributed by atoms with E-state index in [-0.39, 0.29) is 18.2 Å². The van der Waals surface area contributed by atoms with Crippen molar-refractivity contribution in [1.82, 2.24) is 5.32 Å². The third-order valence-corrected chi connectivity index (χ3v) is 2.79. The lowest BCUT2D eigenvalue weighted by atomic mass is 10.1. The van der Waals surface area contributed by atoms with Crippen LogP contribution < -0.4 is 5.32 Å². The maximum Gasteiger partial charge on any atom is 0.416 e. The van der Waals surface area contributed by atoms with E-state index in [1.165, 1.54) is 14.2 Å². The molecule has 0 saturated heterocycles. The topological polar surface area (TPSA) is 30.5 Å². The summed E-state index contributed by atoms with van der Waals surface area (Å²) in [6, 6.07) is 2.18. The Morgan fingerprint density at radius 3 is 2.25 bits per heavy atom. The van der Waals surface area contributed by atoms with Crippen LogP contribution in [0.3, 0.4) is 0 Å². The second-order valence-electron chi connectivity index (χ2n) is 4.36. The number of hydrogen-bond acceptors (Lipinski definition) is 3. The second-order valence-corrected chi connectivity index (χ2v) is 4.36. The summed E-state index contributed by atoms with van der Waals surface area (Å²) in [6.07, 6.45) is -5.10. The number of halogens is 4. The van der Waals surface area contributed by atoms with Gasteiger partial charge in [-0.25, -0.2) is 4.39 Å². The summed E-state index contributed by atoms with van der Waals surface area (Å²) in [7, 11) is 2.91. The summed E-state index contributed by atoms with van der Waals surface area (Å²) in [4.78, 5) is 0. The quantitative estimate of drug-likeness (QED) is 0.646. The highest BCUT2D eigenvalue weighted by Gasteiger charge is 2.31. The minimum Gasteiger partial charge on any atom is -0.354 e. The van der Waals surface area contributed by atoms with Gasteiger partial charge < -0.3 is 14.8 Å². The molecule has 0 aliphatic heterocycles. The smallest absolute Gasteiger partial charge is 0.354 e. The third kappa shape index (κ3) is 4.73. The minimum absolute atomic E-state index is 0.0746. The van der Waals surface area contributed by atoms with E-state index in [1.807, 2.05) is 0 Å². The molecule has 0 aliphatic carbocycles. The SMILES string of the molecule is COC(OC)C(C)NCc1cc(F)cc(C(F)(F)F)c1. The predicted octanol–water partition coefficient (Wildman–Crippen LogP) is 2.94. The molecule has 114 valence electrons. The number of rotatable bonds is 6. The molecule has 1 rings (SSSR count). The maximum absolute atomic E-state index is 13.2. The molecule has 1 aromatic carbocycles. The van der Waals surface area contributed by atoms with Gasteiger partial charge in [0.25, 0.3) is 0 Å². The van der Waals surface area contributed by atoms with Crippen molar-refractivity contribution in [1.29, 1.82) is 0 Å². The van der Waals surface area contributed by atoms with Crippen LogP contribution in [0.4, 0.5) is 17.6 Å². The Morgan fingerprint density at radius 2 is 1.75 bits per heavy atom. The number of nitrogens with one attached hydrogen (secondary N) is 1. The highest BCUT2D eigenvalue weighted by atomic mass is 19.4. The summed E-state index contributed by atoms with van der Waals surface area (Å²) in [5.41, 5.74) is -0.799. The molecule has 0 amide bonds. The zero-order valence-electron chi connectivity index (χ0n) is 11.4. The molecule has 0 aliphatic rings. The molecule has 7 heteroatoms. The lowest BCUT2D eigenvalue weighted by Gasteiger charge is -2.22. The van der Waals surface area contributed by atoms with Crippen molar-refractivity contribution >= 4 is 0 Å². The Labute approximate surface area is 114 Å². The van der Waals surface area contributed by atoms with E-state index in [2.05, 4.69) is 5.32 Å². The average Bonchev–Trinajstić information content (AvgIpc) is 2.36. The number of methoxy groups -OCH3 is 2. The van der Waals surface area contributed by atoms with E-state index in [0.717, 1.165) is 12.1 Å². The Kier molecular flexibility index (Phi) is 5.91. The molecule has 1 N–H and O–H groups in total. The highest BCUT2D eigenvalue weighted by Crippen LogP contribution is 2.30. The number of hydrogen-bond donors (Lipinski definition) is 1. The number of alkyl halides is 3. The molecule has 0 spiro atoms. The van der Waals surface area contributed by atoms with Gasteiger partial charge in [0, 0.05) is 20.8 Å². The summed E-state index contributed by atoms with van der Waals surface area (Å²) < 4.78 is 60.9. The molecule has 1 atom stereocenters. The lowest BCUT2D eigenvalue weighted by Crippen LogP contribution is -2.39. The van der Waals surface area contributed by atoms with Gasteiger partial charge in [-0.2, -0.15) is 13.2 Å². The zero-order chi connectivity index (χ0) is 15.3. The Morgan fingerprint density at radius 1 is 1.15 bits per heavy atom. The molecule has 0 bridgehead atoms. The fourth-order valence-corrected chi connectivity index (χ4v) is 1.80. The van der Waals surface area contributed by atoms with Gasteiger partial charge in [-0.15, -0.1) is 0 Å². The van der Waals surface area contributed by atoms with E-state index in [4.69, 9.17) is 9.47 Å². The monoisotopic (exact) mass is 295 g/mol. The van der Waals surface area contributed by atoms with E-state index in [1.54, 1.807) is 6.92 Å². The van der Waals surface area contributed by atoms with Gasteiger partial charge in [0.15, 0.2) is 6.29 Å². The first-order chi connectivity index (χ1) is 9.27. The molecule has 0 saturated carbocycles. The Bertz CT molecular complexity index is 433. The fraction of sp³-hybridized carbons (Fsp3) is 0.538. The van der Waals surface area contributed by atoms with Gasteiger partial charge >= 0.3 is 6.18 Å². The van der Waals surface area contributed by atoms with Crippen LogP contribution in [0.1, 0.15) is 18.1 Å². The fourth-order valence-electron chi connectivity index (χ4n) is 1.80. The van der Waals surface area contributed by atoms with E-state index in [9.17, 15) is 17.6 Å². The van der Waals surface area contributed by atoms with Crippen molar-refractivity contribution in [2.45, 2.75) is 32.0 Å². The molecule has 1 unspecified atom stereocenters. The standard InChI is InChI=1S/C13H17F4NO2/c1-8(12(19-2)20-3)18-7-9-4-10(13(15,16)17)6-11(14)5-9/h4-6,8,12,18H,7H2,1-3H3. The largest absolute Gasteiger partial charge is 0.416 e. The average molecular weight is 295 g/mol. The van der Waals surface area contributed by atoms with E-state index >= 15 is 0 Å². The first kappa shape index (κ1) is 16.9. The normalized spacial score (nSPS) is 13.8. The van der Waals surface area contributed by atoms with Gasteiger partial charge in [-0.1, -0.05) is 0 Å². The molecule has 3 nitrogen and oxygen atoms in total. The summed E-state index contributed by atoms with van der Waals surface area (Å²) in [5.74, 6) is -0.917. The highest BCUT2D eigenvalue weighted by molar-refractivity contribution is 5.26. The summed E-state index contributed by atoms with van der Waals surface area (Å²) in [6.45, 7) is 1.83. The van der Waals surface area contributed by atoms with Crippen molar-refractivity contribution in [2.75, 3.05) is 14.2 Å². The van der Waals surface area contributed by atoms with Crippen LogP contribution in [0, 0.1) is 5.82 Å². The molecule has 0 radical (unpaired) electrons. The van der Waals surface area contributed by atoms with Crippen LogP contribution >= 0.6 is 0 Å². The van der Waals surface area contributed by atoms with Crippen molar-refractivity contribution in [2.24, 2.45) is 0 Å². The van der Waals surface area contributed by atoms with Gasteiger partial charge in [-0.3, -0.25) is 0 Å². The first-order valence-electron chi connectivity index (χ1n) is 5.93. The molecule has 0 heterocycles. The van der Waals surface area contributed by atoms with E-state index in [0.29, 0.717) is 6.07 Å². The lowest BCUT2D eigenvalue weighted by molar-refractivity contribution is -0.137. The van der Waals surface area contributed by atoms with Gasteiger partial charge in [0.1, 0.15) is 5.82 Å². The van der Waals surface area contributed by atoms with Gasteiger partial charge in [0.2, 0.25) is 0 Å². The molecular formula is C13H17F4NO2. The van der Waals surface area contributed by atoms with Crippen LogP contribution in [-0.2, 0) is 22.2 Å². The molecule has 1 aromatic rings. The van der Waals surface area contributed by atoms with Gasteiger partial charge in [0.05, 0.1) is 11.6 Å². The van der Waals surface area contributed by atoms with Crippen LogP contribution in [-0.4, -0.2) is 26.6 Å². The molecule has 0 aromatic heterocycles. The van der Waals surface area contributed by atoms with Crippen molar-refractivity contribution in [3.63, 3.8) is 0 Å². The second kappa shape index (κ2) is 7.01. The van der Waals surface area contributed by atoms with Crippen molar-refractivity contribution in [3.8, 4) is 0 Å². The molecule has 20 heavy (non-hydrogen) atoms. The minimum atomic E-state index is -4.57. The summed E-state index contributed by atoms with van der Waals surface area (Å²) in [5, 5.41) is 2.92. The van der Waals surface area contributed by atoms with Crippen molar-refractivity contribution in [3.05, 3.63) is 35.1 Å². The van der Waals surface area contributed by atoms with Gasteiger partial charge in [-0.05, 0) is 30.7 Å². The van der Waals surface area contributed by atoms with Crippen LogP contribution in [0.5, 0.6) is 0 Å². The predicted molar refractivity (Wildman–Crippen MR) is 65.5 cm³/mol. The van der Waals surface area contributed by atoms with E-state index < -0.39 is 23.8 Å². The van der Waals surface area contributed by atoms with Crippen LogP contribution in [0.15, 0.2) is 18.2 Å².